The maximum Gasteiger partial charge on any atom is -0.00206 e. The second kappa shape index (κ2) is 11.2. The Morgan fingerprint density at radius 3 is 1.15 bits per heavy atom. The van der Waals surface area contributed by atoms with Crippen molar-refractivity contribution in [3.63, 3.8) is 0 Å². The molecular weight excluding hydrogens is 649 g/mol. The number of hydrogen-bond acceptors (Lipinski definition) is 0. The zero-order valence-electron chi connectivity index (χ0n) is 29.5. The van der Waals surface area contributed by atoms with Crippen molar-refractivity contribution >= 4 is 75.4 Å². The molecule has 0 unspecified atom stereocenters. The molecule has 0 aromatic heterocycles. The number of hydrogen-bond donors (Lipinski definition) is 0. The van der Waals surface area contributed by atoms with Crippen LogP contribution in [0.5, 0.6) is 0 Å². The average Bonchev–Trinajstić information content (AvgIpc) is 3.24. The molecule has 0 aliphatic carbocycles. The topological polar surface area (TPSA) is 0 Å². The van der Waals surface area contributed by atoms with E-state index in [1.165, 1.54) is 120 Å². The number of rotatable bonds is 4. The van der Waals surface area contributed by atoms with Crippen LogP contribution in [0, 0.1) is 0 Å². The average molecular weight is 681 g/mol. The van der Waals surface area contributed by atoms with Gasteiger partial charge in [0.2, 0.25) is 0 Å². The van der Waals surface area contributed by atoms with E-state index < -0.39 is 0 Å². The first-order valence-corrected chi connectivity index (χ1v) is 18.8. The van der Waals surface area contributed by atoms with Crippen LogP contribution in [0.3, 0.4) is 0 Å². The third kappa shape index (κ3) is 4.32. The summed E-state index contributed by atoms with van der Waals surface area (Å²) in [5.74, 6) is 0. The van der Waals surface area contributed by atoms with Crippen LogP contribution in [0.2, 0.25) is 0 Å². The Kier molecular flexibility index (Phi) is 6.15. The van der Waals surface area contributed by atoms with E-state index in [-0.39, 0.29) is 0 Å². The van der Waals surface area contributed by atoms with Gasteiger partial charge in [-0.25, -0.2) is 0 Å². The van der Waals surface area contributed by atoms with Crippen molar-refractivity contribution in [1.82, 2.24) is 0 Å². The predicted molar refractivity (Wildman–Crippen MR) is 233 cm³/mol. The van der Waals surface area contributed by atoms with Crippen LogP contribution in [0.1, 0.15) is 0 Å². The predicted octanol–water partition coefficient (Wildman–Crippen LogP) is 15.3. The van der Waals surface area contributed by atoms with Crippen molar-refractivity contribution in [3.8, 4) is 44.5 Å². The van der Waals surface area contributed by atoms with Crippen molar-refractivity contribution in [3.05, 3.63) is 194 Å². The van der Waals surface area contributed by atoms with Crippen molar-refractivity contribution < 1.29 is 0 Å². The van der Waals surface area contributed by atoms with E-state index in [1.807, 2.05) is 0 Å². The molecule has 0 heteroatoms. The lowest BCUT2D eigenvalue weighted by Gasteiger charge is -2.17. The SMILES string of the molecule is c1ccc2cc(-c3cc(-c4ccc5ccc6cccc7ccc4c5c67)ccc3-c3ccc(-c4ccc5ccc6cccc7ccc4c5c67)cc3)ccc2c1. The molecular formula is C54H32. The zero-order valence-corrected chi connectivity index (χ0v) is 29.5. The molecule has 0 heterocycles. The van der Waals surface area contributed by atoms with Crippen LogP contribution in [0.4, 0.5) is 0 Å². The molecule has 0 radical (unpaired) electrons. The maximum atomic E-state index is 2.42. The number of fused-ring (bicyclic) bond motifs is 1. The molecule has 0 amide bonds. The molecule has 12 aromatic carbocycles. The van der Waals surface area contributed by atoms with Crippen LogP contribution in [0.25, 0.3) is 120 Å². The van der Waals surface area contributed by atoms with Gasteiger partial charge in [0, 0.05) is 0 Å². The molecule has 0 atom stereocenters. The summed E-state index contributed by atoms with van der Waals surface area (Å²) in [4.78, 5) is 0. The van der Waals surface area contributed by atoms with Crippen LogP contribution in [0.15, 0.2) is 194 Å². The van der Waals surface area contributed by atoms with Gasteiger partial charge in [-0.3, -0.25) is 0 Å². The smallest absolute Gasteiger partial charge is 0.00206 e. The van der Waals surface area contributed by atoms with Gasteiger partial charge in [0.05, 0.1) is 0 Å². The minimum atomic E-state index is 1.21. The van der Waals surface area contributed by atoms with E-state index in [9.17, 15) is 0 Å². The van der Waals surface area contributed by atoms with Gasteiger partial charge in [-0.15, -0.1) is 0 Å². The van der Waals surface area contributed by atoms with Gasteiger partial charge in [-0.2, -0.15) is 0 Å². The van der Waals surface area contributed by atoms with Crippen molar-refractivity contribution in [2.45, 2.75) is 0 Å². The summed E-state index contributed by atoms with van der Waals surface area (Å²) in [6.45, 7) is 0. The van der Waals surface area contributed by atoms with Crippen molar-refractivity contribution in [2.24, 2.45) is 0 Å². The summed E-state index contributed by atoms with van der Waals surface area (Å²) >= 11 is 0. The van der Waals surface area contributed by atoms with E-state index in [4.69, 9.17) is 0 Å². The summed E-state index contributed by atoms with van der Waals surface area (Å²) in [6, 6.07) is 72.5. The highest BCUT2D eigenvalue weighted by atomic mass is 14.2. The van der Waals surface area contributed by atoms with Gasteiger partial charge in [0.1, 0.15) is 0 Å². The largest absolute Gasteiger partial charge is 0.0616 e. The Bertz CT molecular complexity index is 3390. The van der Waals surface area contributed by atoms with Gasteiger partial charge >= 0.3 is 0 Å². The van der Waals surface area contributed by atoms with Gasteiger partial charge in [0.15, 0.2) is 0 Å². The zero-order chi connectivity index (χ0) is 35.3. The van der Waals surface area contributed by atoms with E-state index in [0.717, 1.165) is 0 Å². The highest BCUT2D eigenvalue weighted by molar-refractivity contribution is 6.26. The first-order chi connectivity index (χ1) is 26.7. The van der Waals surface area contributed by atoms with Gasteiger partial charge in [-0.05, 0) is 132 Å². The van der Waals surface area contributed by atoms with Gasteiger partial charge < -0.3 is 0 Å². The Balaban J connectivity index is 1.03. The minimum Gasteiger partial charge on any atom is -0.0616 e. The van der Waals surface area contributed by atoms with Gasteiger partial charge in [-0.1, -0.05) is 182 Å². The Hall–Kier alpha value is -7.02. The van der Waals surface area contributed by atoms with Crippen LogP contribution in [-0.4, -0.2) is 0 Å². The molecule has 12 rings (SSSR count). The minimum absolute atomic E-state index is 1.21. The highest BCUT2D eigenvalue weighted by Crippen LogP contribution is 2.44. The Morgan fingerprint density at radius 2 is 0.556 bits per heavy atom. The second-order valence-electron chi connectivity index (χ2n) is 14.8. The molecule has 0 N–H and O–H groups in total. The molecule has 0 bridgehead atoms. The quantitative estimate of drug-likeness (QED) is 0.162. The molecule has 0 saturated heterocycles. The first-order valence-electron chi connectivity index (χ1n) is 18.8. The number of benzene rings is 12. The first kappa shape index (κ1) is 29.5. The standard InChI is InChI=1S/C54H32/c1-2-6-42-31-43(20-11-33(42)5-1)50-32-44(47-27-22-41-19-17-37-8-4-10-39-24-30-49(47)54(41)52(37)39)25-28-46(50)35-14-12-34(13-15-35)45-26-21-40-18-16-36-7-3-9-38-23-29-48(45)53(40)51(36)38/h1-32H. The summed E-state index contributed by atoms with van der Waals surface area (Å²) in [5, 5.41) is 18.3. The fourth-order valence-electron chi connectivity index (χ4n) is 9.36. The van der Waals surface area contributed by atoms with Crippen LogP contribution >= 0.6 is 0 Å². The van der Waals surface area contributed by atoms with Crippen molar-refractivity contribution in [1.29, 1.82) is 0 Å². The van der Waals surface area contributed by atoms with E-state index in [2.05, 4.69) is 194 Å². The normalized spacial score (nSPS) is 12.1. The fourth-order valence-corrected chi connectivity index (χ4v) is 9.36. The Morgan fingerprint density at radius 1 is 0.185 bits per heavy atom. The van der Waals surface area contributed by atoms with E-state index in [1.54, 1.807) is 0 Å². The van der Waals surface area contributed by atoms with E-state index in [0.29, 0.717) is 0 Å². The highest BCUT2D eigenvalue weighted by Gasteiger charge is 2.17. The van der Waals surface area contributed by atoms with E-state index >= 15 is 0 Å². The molecule has 0 aliphatic heterocycles. The molecule has 54 heavy (non-hydrogen) atoms. The summed E-state index contributed by atoms with van der Waals surface area (Å²) in [7, 11) is 0. The summed E-state index contributed by atoms with van der Waals surface area (Å²) in [6.07, 6.45) is 0. The lowest BCUT2D eigenvalue weighted by Crippen LogP contribution is -1.91. The molecule has 0 saturated carbocycles. The monoisotopic (exact) mass is 680 g/mol. The summed E-state index contributed by atoms with van der Waals surface area (Å²) in [5.41, 5.74) is 9.89. The summed E-state index contributed by atoms with van der Waals surface area (Å²) < 4.78 is 0. The fraction of sp³-hybridized carbons (Fsp3) is 0. The second-order valence-corrected chi connectivity index (χ2v) is 14.8. The molecule has 12 aromatic rings. The lowest BCUT2D eigenvalue weighted by atomic mass is 9.86. The molecule has 0 aliphatic rings. The molecule has 248 valence electrons. The van der Waals surface area contributed by atoms with Crippen LogP contribution in [-0.2, 0) is 0 Å². The van der Waals surface area contributed by atoms with Crippen molar-refractivity contribution in [2.75, 3.05) is 0 Å². The Labute approximate surface area is 312 Å². The maximum absolute atomic E-state index is 2.42. The lowest BCUT2D eigenvalue weighted by molar-refractivity contribution is 1.58. The third-order valence-corrected chi connectivity index (χ3v) is 12.0. The molecule has 0 fully saturated rings. The molecule has 0 nitrogen and oxygen atoms in total. The van der Waals surface area contributed by atoms with Gasteiger partial charge in [0.25, 0.3) is 0 Å². The third-order valence-electron chi connectivity index (χ3n) is 12.0. The molecule has 0 spiro atoms. The van der Waals surface area contributed by atoms with Crippen LogP contribution < -0.4 is 0 Å².